The summed E-state index contributed by atoms with van der Waals surface area (Å²) in [6.45, 7) is 10.2. The van der Waals surface area contributed by atoms with E-state index in [1.165, 1.54) is 0 Å². The minimum absolute atomic E-state index is 0.166. The third kappa shape index (κ3) is 4.26. The van der Waals surface area contributed by atoms with Crippen LogP contribution in [0.4, 0.5) is 5.82 Å². The maximum Gasteiger partial charge on any atom is 0.256 e. The molecule has 158 valence electrons. The van der Waals surface area contributed by atoms with E-state index in [-0.39, 0.29) is 11.3 Å². The summed E-state index contributed by atoms with van der Waals surface area (Å²) >= 11 is 0. The molecule has 0 aliphatic carbocycles. The van der Waals surface area contributed by atoms with Crippen LogP contribution in [0.25, 0.3) is 11.5 Å². The van der Waals surface area contributed by atoms with Crippen LogP contribution in [0.1, 0.15) is 48.2 Å². The third-order valence-electron chi connectivity index (χ3n) is 4.97. The Morgan fingerprint density at radius 1 is 0.935 bits per heavy atom. The summed E-state index contributed by atoms with van der Waals surface area (Å²) in [4.78, 5) is 17.4. The van der Waals surface area contributed by atoms with Gasteiger partial charge in [0.25, 0.3) is 5.91 Å². The first-order valence-electron chi connectivity index (χ1n) is 10.2. The molecule has 0 bridgehead atoms. The molecule has 0 unspecified atom stereocenters. The molecule has 4 aromatic rings. The number of benzene rings is 1. The highest BCUT2D eigenvalue weighted by atomic mass is 16.1. The molecule has 0 spiro atoms. The van der Waals surface area contributed by atoms with E-state index < -0.39 is 0 Å². The highest BCUT2D eigenvalue weighted by Crippen LogP contribution is 2.26. The Hall–Kier alpha value is -3.74. The van der Waals surface area contributed by atoms with Crippen molar-refractivity contribution in [2.45, 2.75) is 40.0 Å². The molecule has 0 atom stereocenters. The van der Waals surface area contributed by atoms with Crippen LogP contribution < -0.4 is 5.32 Å². The van der Waals surface area contributed by atoms with Gasteiger partial charge in [-0.3, -0.25) is 4.79 Å². The summed E-state index contributed by atoms with van der Waals surface area (Å²) in [6.07, 6.45) is 1.71. The standard InChI is InChI=1S/C24H26N6O/c1-16-14-17(2)29(27-16)19-11-9-18(10-12-19)23(31)26-22-15-20(24(3,4)5)28-30(22)21-8-6-7-13-25-21/h6-15H,1-5H3,(H,26,31). The topological polar surface area (TPSA) is 77.6 Å². The number of pyridine rings is 1. The summed E-state index contributed by atoms with van der Waals surface area (Å²) < 4.78 is 3.53. The average molecular weight is 415 g/mol. The maximum absolute atomic E-state index is 13.0. The van der Waals surface area contributed by atoms with Gasteiger partial charge in [0.15, 0.2) is 5.82 Å². The molecule has 0 saturated carbocycles. The smallest absolute Gasteiger partial charge is 0.256 e. The molecule has 0 aliphatic rings. The Morgan fingerprint density at radius 3 is 2.26 bits per heavy atom. The zero-order valence-corrected chi connectivity index (χ0v) is 18.4. The second-order valence-electron chi connectivity index (χ2n) is 8.60. The van der Waals surface area contributed by atoms with Crippen molar-refractivity contribution in [3.63, 3.8) is 0 Å². The van der Waals surface area contributed by atoms with Gasteiger partial charge < -0.3 is 5.32 Å². The molecule has 7 heteroatoms. The zero-order valence-electron chi connectivity index (χ0n) is 18.4. The summed E-state index contributed by atoms with van der Waals surface area (Å²) in [5, 5.41) is 12.2. The predicted octanol–water partition coefficient (Wildman–Crippen LogP) is 4.62. The van der Waals surface area contributed by atoms with Crippen molar-refractivity contribution < 1.29 is 4.79 Å². The highest BCUT2D eigenvalue weighted by Gasteiger charge is 2.22. The highest BCUT2D eigenvalue weighted by molar-refractivity contribution is 6.04. The molecule has 7 nitrogen and oxygen atoms in total. The Morgan fingerprint density at radius 2 is 1.68 bits per heavy atom. The Balaban J connectivity index is 1.62. The van der Waals surface area contributed by atoms with Crippen molar-refractivity contribution in [1.82, 2.24) is 24.5 Å². The number of carbonyl (C=O) groups is 1. The van der Waals surface area contributed by atoms with Crippen LogP contribution in [0.15, 0.2) is 60.8 Å². The van der Waals surface area contributed by atoms with E-state index in [1.54, 1.807) is 23.0 Å². The van der Waals surface area contributed by atoms with E-state index in [1.807, 2.05) is 61.0 Å². The third-order valence-corrected chi connectivity index (χ3v) is 4.97. The maximum atomic E-state index is 13.0. The first kappa shape index (κ1) is 20.5. The lowest BCUT2D eigenvalue weighted by Gasteiger charge is -2.13. The summed E-state index contributed by atoms with van der Waals surface area (Å²) in [6, 6.07) is 16.9. The van der Waals surface area contributed by atoms with Gasteiger partial charge in [-0.05, 0) is 56.3 Å². The number of aromatic nitrogens is 5. The summed E-state index contributed by atoms with van der Waals surface area (Å²) in [5.41, 5.74) is 4.17. The molecule has 1 aromatic carbocycles. The first-order chi connectivity index (χ1) is 14.7. The number of aryl methyl sites for hydroxylation is 2. The first-order valence-corrected chi connectivity index (χ1v) is 10.2. The molecule has 3 aromatic heterocycles. The van der Waals surface area contributed by atoms with Gasteiger partial charge in [0.2, 0.25) is 0 Å². The largest absolute Gasteiger partial charge is 0.306 e. The fourth-order valence-electron chi connectivity index (χ4n) is 3.32. The van der Waals surface area contributed by atoms with Gasteiger partial charge in [0, 0.05) is 28.9 Å². The number of rotatable bonds is 4. The van der Waals surface area contributed by atoms with Crippen molar-refractivity contribution in [1.29, 1.82) is 0 Å². The Kier molecular flexibility index (Phi) is 5.19. The number of nitrogens with zero attached hydrogens (tertiary/aromatic N) is 5. The zero-order chi connectivity index (χ0) is 22.2. The van der Waals surface area contributed by atoms with Crippen LogP contribution in [0, 0.1) is 13.8 Å². The lowest BCUT2D eigenvalue weighted by Crippen LogP contribution is -2.16. The predicted molar refractivity (Wildman–Crippen MR) is 121 cm³/mol. The lowest BCUT2D eigenvalue weighted by molar-refractivity contribution is 0.102. The number of anilines is 1. The van der Waals surface area contributed by atoms with Crippen molar-refractivity contribution in [3.8, 4) is 11.5 Å². The van der Waals surface area contributed by atoms with Crippen LogP contribution in [0.5, 0.6) is 0 Å². The SMILES string of the molecule is Cc1cc(C)n(-c2ccc(C(=O)Nc3cc(C(C)(C)C)nn3-c3ccccn3)cc2)n1. The molecular weight excluding hydrogens is 388 g/mol. The van der Waals surface area contributed by atoms with Gasteiger partial charge in [0.1, 0.15) is 5.82 Å². The van der Waals surface area contributed by atoms with E-state index in [9.17, 15) is 4.79 Å². The number of amides is 1. The fourth-order valence-corrected chi connectivity index (χ4v) is 3.32. The molecule has 0 radical (unpaired) electrons. The van der Waals surface area contributed by atoms with Crippen molar-refractivity contribution >= 4 is 11.7 Å². The summed E-state index contributed by atoms with van der Waals surface area (Å²) in [5.74, 6) is 1.02. The van der Waals surface area contributed by atoms with Crippen LogP contribution in [0.3, 0.4) is 0 Å². The monoisotopic (exact) mass is 414 g/mol. The van der Waals surface area contributed by atoms with E-state index in [4.69, 9.17) is 5.10 Å². The molecule has 0 aliphatic heterocycles. The minimum atomic E-state index is -0.211. The van der Waals surface area contributed by atoms with Gasteiger partial charge in [-0.2, -0.15) is 14.9 Å². The van der Waals surface area contributed by atoms with Crippen LogP contribution >= 0.6 is 0 Å². The quantitative estimate of drug-likeness (QED) is 0.529. The molecule has 1 amide bonds. The normalized spacial score (nSPS) is 11.5. The van der Waals surface area contributed by atoms with Crippen LogP contribution in [0.2, 0.25) is 0 Å². The van der Waals surface area contributed by atoms with Crippen LogP contribution in [-0.4, -0.2) is 30.5 Å². The number of hydrogen-bond acceptors (Lipinski definition) is 4. The van der Waals surface area contributed by atoms with Gasteiger partial charge in [-0.15, -0.1) is 0 Å². The van der Waals surface area contributed by atoms with E-state index in [0.717, 1.165) is 22.8 Å². The number of nitrogens with one attached hydrogen (secondary N) is 1. The molecule has 31 heavy (non-hydrogen) atoms. The van der Waals surface area contributed by atoms with Gasteiger partial charge in [-0.25, -0.2) is 9.67 Å². The van der Waals surface area contributed by atoms with Crippen molar-refractivity contribution in [3.05, 3.63) is 83.4 Å². The van der Waals surface area contributed by atoms with Crippen molar-refractivity contribution in [2.75, 3.05) is 5.32 Å². The molecule has 3 heterocycles. The summed E-state index contributed by atoms with van der Waals surface area (Å²) in [7, 11) is 0. The molecule has 0 saturated heterocycles. The Labute approximate surface area is 181 Å². The minimum Gasteiger partial charge on any atom is -0.306 e. The lowest BCUT2D eigenvalue weighted by atomic mass is 9.92. The number of hydrogen-bond donors (Lipinski definition) is 1. The average Bonchev–Trinajstić information content (AvgIpc) is 3.31. The second-order valence-corrected chi connectivity index (χ2v) is 8.60. The van der Waals surface area contributed by atoms with Gasteiger partial charge in [0.05, 0.1) is 17.1 Å². The van der Waals surface area contributed by atoms with Gasteiger partial charge >= 0.3 is 0 Å². The number of carbonyl (C=O) groups excluding carboxylic acids is 1. The van der Waals surface area contributed by atoms with E-state index in [2.05, 4.69) is 36.2 Å². The van der Waals surface area contributed by atoms with Crippen LogP contribution in [-0.2, 0) is 5.41 Å². The van der Waals surface area contributed by atoms with Crippen molar-refractivity contribution in [2.24, 2.45) is 0 Å². The second kappa shape index (κ2) is 7.83. The molecule has 4 rings (SSSR count). The van der Waals surface area contributed by atoms with Gasteiger partial charge in [-0.1, -0.05) is 26.8 Å². The van der Waals surface area contributed by atoms with E-state index >= 15 is 0 Å². The van der Waals surface area contributed by atoms with E-state index in [0.29, 0.717) is 17.2 Å². The Bertz CT molecular complexity index is 1210. The molecule has 1 N–H and O–H groups in total. The molecule has 0 fully saturated rings. The molecular formula is C24H26N6O. The fraction of sp³-hybridized carbons (Fsp3) is 0.250.